The Hall–Kier alpha value is -1.50. The van der Waals surface area contributed by atoms with Gasteiger partial charge in [-0.2, -0.15) is 0 Å². The largest absolute Gasteiger partial charge is 0.137 e. The third kappa shape index (κ3) is 3.23. The van der Waals surface area contributed by atoms with Gasteiger partial charge in [0.2, 0.25) is 0 Å². The highest BCUT2D eigenvalue weighted by Gasteiger charge is 2.21. The van der Waals surface area contributed by atoms with E-state index < -0.39 is 0 Å². The quantitative estimate of drug-likeness (QED) is 0.694. The lowest BCUT2D eigenvalue weighted by atomic mass is 9.49. The Balaban J connectivity index is 2.03. The highest BCUT2D eigenvalue weighted by molar-refractivity contribution is 6.39. The molecule has 0 saturated heterocycles. The lowest BCUT2D eigenvalue weighted by molar-refractivity contribution is 0.745. The molecule has 2 aromatic carbocycles. The third-order valence-corrected chi connectivity index (χ3v) is 3.44. The molecule has 86 valence electrons. The molecule has 0 aliphatic rings. The van der Waals surface area contributed by atoms with Crippen molar-refractivity contribution in [1.29, 1.82) is 0 Å². The highest BCUT2D eigenvalue weighted by atomic mass is 14.1. The average molecular weight is 222 g/mol. The molecule has 0 aliphatic carbocycles. The zero-order valence-electron chi connectivity index (χ0n) is 10.7. The van der Waals surface area contributed by atoms with Gasteiger partial charge in [-0.05, 0) is 10.9 Å². The Labute approximate surface area is 105 Å². The minimum atomic E-state index is 0.247. The molecule has 0 aliphatic heterocycles. The van der Waals surface area contributed by atoms with Crippen LogP contribution in [0.5, 0.6) is 0 Å². The monoisotopic (exact) mass is 222 g/mol. The fraction of sp³-hybridized carbons (Fsp3) is 0.250. The molecule has 1 heteroatoms. The van der Waals surface area contributed by atoms with Crippen LogP contribution in [0.4, 0.5) is 0 Å². The summed E-state index contributed by atoms with van der Waals surface area (Å²) in [6.07, 6.45) is 1.14. The smallest absolute Gasteiger partial charge is 0.0628 e. The van der Waals surface area contributed by atoms with Crippen molar-refractivity contribution in [3.63, 3.8) is 0 Å². The number of benzene rings is 2. The van der Waals surface area contributed by atoms with Crippen LogP contribution in [0, 0.1) is 0 Å². The van der Waals surface area contributed by atoms with Crippen molar-refractivity contribution in [3.8, 4) is 0 Å². The second-order valence-electron chi connectivity index (χ2n) is 5.24. The van der Waals surface area contributed by atoms with Crippen molar-refractivity contribution in [2.75, 3.05) is 0 Å². The molecule has 0 N–H and O–H groups in total. The maximum atomic E-state index is 2.32. The minimum Gasteiger partial charge on any atom is -0.0628 e. The molecule has 2 aromatic rings. The van der Waals surface area contributed by atoms with Gasteiger partial charge < -0.3 is 0 Å². The van der Waals surface area contributed by atoms with Gasteiger partial charge >= 0.3 is 0 Å². The van der Waals surface area contributed by atoms with E-state index in [0.29, 0.717) is 0 Å². The van der Waals surface area contributed by atoms with E-state index in [9.17, 15) is 0 Å². The Kier molecular flexibility index (Phi) is 3.68. The molecule has 0 atom stereocenters. The van der Waals surface area contributed by atoms with Crippen LogP contribution in [-0.2, 0) is 11.6 Å². The zero-order valence-corrected chi connectivity index (χ0v) is 10.7. The van der Waals surface area contributed by atoms with Crippen LogP contribution in [-0.4, -0.2) is 7.28 Å². The summed E-state index contributed by atoms with van der Waals surface area (Å²) in [4.78, 5) is 0. The second kappa shape index (κ2) is 5.22. The molecule has 2 rings (SSSR count). The lowest BCUT2D eigenvalue weighted by Gasteiger charge is -2.24. The van der Waals surface area contributed by atoms with Gasteiger partial charge in [-0.25, -0.2) is 0 Å². The SMILES string of the molecule is CC(C)(BCc1ccccc1)c1ccccc1. The van der Waals surface area contributed by atoms with Crippen LogP contribution in [0.25, 0.3) is 0 Å². The second-order valence-corrected chi connectivity index (χ2v) is 5.24. The number of rotatable bonds is 4. The summed E-state index contributed by atoms with van der Waals surface area (Å²) in [5.74, 6) is 0. The first-order valence-corrected chi connectivity index (χ1v) is 6.28. The maximum absolute atomic E-state index is 2.32. The highest BCUT2D eigenvalue weighted by Crippen LogP contribution is 2.22. The summed E-state index contributed by atoms with van der Waals surface area (Å²) in [7, 11) is 1.18. The minimum absolute atomic E-state index is 0.247. The van der Waals surface area contributed by atoms with Gasteiger partial charge in [-0.1, -0.05) is 86.4 Å². The van der Waals surface area contributed by atoms with Crippen LogP contribution >= 0.6 is 0 Å². The fourth-order valence-corrected chi connectivity index (χ4v) is 2.14. The van der Waals surface area contributed by atoms with E-state index >= 15 is 0 Å². The van der Waals surface area contributed by atoms with Gasteiger partial charge in [0.15, 0.2) is 0 Å². The van der Waals surface area contributed by atoms with Crippen LogP contribution in [0.3, 0.4) is 0 Å². The summed E-state index contributed by atoms with van der Waals surface area (Å²) in [5, 5.41) is 0.247. The molecular weight excluding hydrogens is 203 g/mol. The Morgan fingerprint density at radius 3 is 1.94 bits per heavy atom. The molecule has 0 nitrogen and oxygen atoms in total. The summed E-state index contributed by atoms with van der Waals surface area (Å²) >= 11 is 0. The molecular formula is C16H19B. The summed E-state index contributed by atoms with van der Waals surface area (Å²) in [5.41, 5.74) is 2.85. The van der Waals surface area contributed by atoms with Crippen molar-refractivity contribution >= 4 is 7.28 Å². The first-order valence-electron chi connectivity index (χ1n) is 6.28. The molecule has 0 aromatic heterocycles. The predicted octanol–water partition coefficient (Wildman–Crippen LogP) is 3.56. The van der Waals surface area contributed by atoms with Crippen LogP contribution < -0.4 is 0 Å². The fourth-order valence-electron chi connectivity index (χ4n) is 2.14. The third-order valence-electron chi connectivity index (χ3n) is 3.44. The van der Waals surface area contributed by atoms with E-state index in [-0.39, 0.29) is 5.31 Å². The standard InChI is InChI=1S/C16H19B/c1-16(2,15-11-7-4-8-12-15)17-13-14-9-5-3-6-10-14/h3-12,17H,13H2,1-2H3. The molecule has 0 fully saturated rings. The Bertz CT molecular complexity index is 445. The lowest BCUT2D eigenvalue weighted by Crippen LogP contribution is -2.27. The van der Waals surface area contributed by atoms with Gasteiger partial charge in [0.05, 0.1) is 0 Å². The van der Waals surface area contributed by atoms with Gasteiger partial charge in [0.1, 0.15) is 7.28 Å². The topological polar surface area (TPSA) is 0 Å². The summed E-state index contributed by atoms with van der Waals surface area (Å²) in [6, 6.07) is 21.5. The first kappa shape index (κ1) is 12.0. The van der Waals surface area contributed by atoms with Crippen molar-refractivity contribution in [3.05, 3.63) is 71.8 Å². The molecule has 0 saturated carbocycles. The van der Waals surface area contributed by atoms with Crippen molar-refractivity contribution in [1.82, 2.24) is 0 Å². The average Bonchev–Trinajstić information content (AvgIpc) is 2.39. The normalized spacial score (nSPS) is 11.2. The van der Waals surface area contributed by atoms with Crippen molar-refractivity contribution < 1.29 is 0 Å². The summed E-state index contributed by atoms with van der Waals surface area (Å²) in [6.45, 7) is 4.65. The van der Waals surface area contributed by atoms with Crippen molar-refractivity contribution in [2.24, 2.45) is 0 Å². The predicted molar refractivity (Wildman–Crippen MR) is 76.8 cm³/mol. The van der Waals surface area contributed by atoms with Crippen LogP contribution in [0.1, 0.15) is 25.0 Å². The molecule has 0 heterocycles. The van der Waals surface area contributed by atoms with E-state index in [2.05, 4.69) is 74.5 Å². The number of hydrogen-bond donors (Lipinski definition) is 0. The van der Waals surface area contributed by atoms with E-state index in [4.69, 9.17) is 0 Å². The molecule has 0 amide bonds. The summed E-state index contributed by atoms with van der Waals surface area (Å²) < 4.78 is 0. The van der Waals surface area contributed by atoms with Gasteiger partial charge in [-0.15, -0.1) is 0 Å². The molecule has 17 heavy (non-hydrogen) atoms. The van der Waals surface area contributed by atoms with E-state index in [0.717, 1.165) is 6.32 Å². The molecule has 0 unspecified atom stereocenters. The first-order chi connectivity index (χ1) is 8.18. The number of hydrogen-bond acceptors (Lipinski definition) is 0. The van der Waals surface area contributed by atoms with E-state index in [1.807, 2.05) is 0 Å². The molecule has 0 bridgehead atoms. The van der Waals surface area contributed by atoms with E-state index in [1.165, 1.54) is 18.4 Å². The Morgan fingerprint density at radius 1 is 0.824 bits per heavy atom. The maximum Gasteiger partial charge on any atom is 0.137 e. The van der Waals surface area contributed by atoms with Crippen LogP contribution in [0.15, 0.2) is 60.7 Å². The molecule has 0 radical (unpaired) electrons. The zero-order chi connectivity index (χ0) is 12.1. The van der Waals surface area contributed by atoms with Crippen molar-refractivity contribution in [2.45, 2.75) is 25.5 Å². The Morgan fingerprint density at radius 2 is 1.35 bits per heavy atom. The van der Waals surface area contributed by atoms with Gasteiger partial charge in [0, 0.05) is 0 Å². The van der Waals surface area contributed by atoms with Crippen LogP contribution in [0.2, 0.25) is 0 Å². The van der Waals surface area contributed by atoms with Gasteiger partial charge in [-0.3, -0.25) is 0 Å². The molecule has 0 spiro atoms. The van der Waals surface area contributed by atoms with Gasteiger partial charge in [0.25, 0.3) is 0 Å². The van der Waals surface area contributed by atoms with E-state index in [1.54, 1.807) is 0 Å².